The number of rotatable bonds is 20. The first-order chi connectivity index (χ1) is 26.4. The van der Waals surface area contributed by atoms with Crippen LogP contribution >= 0.6 is 0 Å². The molecule has 55 heavy (non-hydrogen) atoms. The molecule has 11 heteroatoms. The minimum Gasteiger partial charge on any atom is -0.491 e. The molecule has 1 aliphatic heterocycles. The largest absolute Gasteiger partial charge is 0.491 e. The van der Waals surface area contributed by atoms with E-state index in [9.17, 15) is 19.8 Å². The lowest BCUT2D eigenvalue weighted by Crippen LogP contribution is -2.29. The standard InChI is InChI=1S/C44H54O11/c1-29(2)42(47)53-27-34(45)25-49-19-21-51-36-15-17-38-40(23-36)55-41-24-37(52-22-20-50-26-35(46)28-54-43(48)30(3)4)16-18-39(41)44(38,5)33-13-11-32(12-14-33)31-9-7-6-8-10-31/h11-18,23-24,31,34-35,45-46H,1,3,6-10,19-22,25-28H2,2,4-5H3. The van der Waals surface area contributed by atoms with Crippen molar-refractivity contribution in [2.45, 2.75) is 76.4 Å². The number of fused-ring (bicyclic) bond motifs is 2. The zero-order chi connectivity index (χ0) is 39.4. The van der Waals surface area contributed by atoms with Crippen molar-refractivity contribution in [2.24, 2.45) is 0 Å². The second-order valence-electron chi connectivity index (χ2n) is 14.4. The molecule has 296 valence electrons. The van der Waals surface area contributed by atoms with Crippen molar-refractivity contribution in [3.8, 4) is 23.0 Å². The van der Waals surface area contributed by atoms with E-state index in [0.717, 1.165) is 16.7 Å². The zero-order valence-corrected chi connectivity index (χ0v) is 32.2. The highest BCUT2D eigenvalue weighted by atomic mass is 16.6. The third kappa shape index (κ3) is 11.2. The van der Waals surface area contributed by atoms with Crippen molar-refractivity contribution in [3.63, 3.8) is 0 Å². The van der Waals surface area contributed by atoms with Crippen molar-refractivity contribution < 1.29 is 53.0 Å². The van der Waals surface area contributed by atoms with E-state index >= 15 is 0 Å². The summed E-state index contributed by atoms with van der Waals surface area (Å²) in [6, 6.07) is 20.7. The summed E-state index contributed by atoms with van der Waals surface area (Å²) in [5.74, 6) is 1.98. The zero-order valence-electron chi connectivity index (χ0n) is 32.2. The van der Waals surface area contributed by atoms with Crippen LogP contribution in [0.3, 0.4) is 0 Å². The molecule has 1 fully saturated rings. The number of aliphatic hydroxyl groups is 2. The predicted molar refractivity (Wildman–Crippen MR) is 207 cm³/mol. The molecule has 1 heterocycles. The number of carbonyl (C=O) groups excluding carboxylic acids is 2. The lowest BCUT2D eigenvalue weighted by atomic mass is 9.69. The van der Waals surface area contributed by atoms with Crippen LogP contribution in [-0.4, -0.2) is 87.2 Å². The summed E-state index contributed by atoms with van der Waals surface area (Å²) in [5.41, 5.74) is 4.49. The van der Waals surface area contributed by atoms with Crippen LogP contribution in [0.25, 0.3) is 0 Å². The van der Waals surface area contributed by atoms with E-state index in [1.165, 1.54) is 37.7 Å². The van der Waals surface area contributed by atoms with E-state index in [-0.39, 0.29) is 64.0 Å². The molecule has 2 atom stereocenters. The molecule has 2 N–H and O–H groups in total. The van der Waals surface area contributed by atoms with Gasteiger partial charge in [0.25, 0.3) is 0 Å². The molecule has 2 unspecified atom stereocenters. The van der Waals surface area contributed by atoms with Crippen LogP contribution in [-0.2, 0) is 34.0 Å². The summed E-state index contributed by atoms with van der Waals surface area (Å²) >= 11 is 0. The van der Waals surface area contributed by atoms with Gasteiger partial charge in [0.15, 0.2) is 0 Å². The molecule has 0 amide bonds. The summed E-state index contributed by atoms with van der Waals surface area (Å²) in [7, 11) is 0. The van der Waals surface area contributed by atoms with Crippen molar-refractivity contribution in [3.05, 3.63) is 107 Å². The summed E-state index contributed by atoms with van der Waals surface area (Å²) < 4.78 is 39.6. The summed E-state index contributed by atoms with van der Waals surface area (Å²) in [5, 5.41) is 20.1. The Balaban J connectivity index is 1.25. The Hall–Kier alpha value is -4.68. The Morgan fingerprint density at radius 2 is 1.18 bits per heavy atom. The summed E-state index contributed by atoms with van der Waals surface area (Å²) in [4.78, 5) is 23.1. The molecular formula is C44H54O11. The van der Waals surface area contributed by atoms with E-state index in [4.69, 9.17) is 33.2 Å². The second kappa shape index (κ2) is 19.8. The van der Waals surface area contributed by atoms with Gasteiger partial charge in [0, 0.05) is 39.8 Å². The number of hydrogen-bond acceptors (Lipinski definition) is 11. The van der Waals surface area contributed by atoms with Gasteiger partial charge in [-0.25, -0.2) is 9.59 Å². The maximum absolute atomic E-state index is 11.6. The first kappa shape index (κ1) is 41.5. The van der Waals surface area contributed by atoms with Gasteiger partial charge in [0.05, 0.1) is 26.4 Å². The predicted octanol–water partition coefficient (Wildman–Crippen LogP) is 6.95. The lowest BCUT2D eigenvalue weighted by molar-refractivity contribution is -0.143. The third-order valence-corrected chi connectivity index (χ3v) is 9.89. The minimum atomic E-state index is -0.964. The molecule has 0 radical (unpaired) electrons. The Morgan fingerprint density at radius 1 is 0.709 bits per heavy atom. The number of esters is 2. The molecule has 3 aromatic carbocycles. The van der Waals surface area contributed by atoms with E-state index in [2.05, 4.69) is 44.3 Å². The minimum absolute atomic E-state index is 0.0136. The third-order valence-electron chi connectivity index (χ3n) is 9.89. The van der Waals surface area contributed by atoms with Gasteiger partial charge in [-0.2, -0.15) is 0 Å². The van der Waals surface area contributed by atoms with Gasteiger partial charge in [-0.3, -0.25) is 0 Å². The molecule has 1 saturated carbocycles. The molecule has 0 aromatic heterocycles. The second-order valence-corrected chi connectivity index (χ2v) is 14.4. The molecule has 3 aromatic rings. The Labute approximate surface area is 323 Å². The number of aliphatic hydroxyl groups excluding tert-OH is 2. The average molecular weight is 759 g/mol. The molecule has 0 saturated heterocycles. The fraction of sp³-hybridized carbons (Fsp3) is 0.455. The van der Waals surface area contributed by atoms with Crippen LogP contribution in [0.15, 0.2) is 85.0 Å². The molecule has 0 spiro atoms. The van der Waals surface area contributed by atoms with Gasteiger partial charge in [-0.15, -0.1) is 0 Å². The van der Waals surface area contributed by atoms with E-state index in [0.29, 0.717) is 28.9 Å². The quantitative estimate of drug-likeness (QED) is 0.0704. The van der Waals surface area contributed by atoms with Gasteiger partial charge in [-0.1, -0.05) is 68.8 Å². The number of benzene rings is 3. The van der Waals surface area contributed by atoms with Gasteiger partial charge in [-0.05, 0) is 62.8 Å². The normalized spacial score (nSPS) is 17.5. The monoisotopic (exact) mass is 758 g/mol. The first-order valence-corrected chi connectivity index (χ1v) is 19.0. The molecule has 0 bridgehead atoms. The van der Waals surface area contributed by atoms with Crippen LogP contribution < -0.4 is 14.2 Å². The van der Waals surface area contributed by atoms with Gasteiger partial charge in [0.2, 0.25) is 0 Å². The first-order valence-electron chi connectivity index (χ1n) is 19.0. The molecular weight excluding hydrogens is 704 g/mol. The van der Waals surface area contributed by atoms with Gasteiger partial charge < -0.3 is 43.4 Å². The topological polar surface area (TPSA) is 139 Å². The molecule has 1 aliphatic carbocycles. The van der Waals surface area contributed by atoms with Crippen LogP contribution in [0.1, 0.15) is 81.0 Å². The highest BCUT2D eigenvalue weighted by molar-refractivity contribution is 5.87. The Morgan fingerprint density at radius 3 is 1.64 bits per heavy atom. The summed E-state index contributed by atoms with van der Waals surface area (Å²) in [6.45, 7) is 12.8. The highest BCUT2D eigenvalue weighted by Gasteiger charge is 2.40. The van der Waals surface area contributed by atoms with Crippen molar-refractivity contribution >= 4 is 11.9 Å². The van der Waals surface area contributed by atoms with E-state index in [1.807, 2.05) is 36.4 Å². The smallest absolute Gasteiger partial charge is 0.333 e. The molecule has 2 aliphatic rings. The van der Waals surface area contributed by atoms with Crippen molar-refractivity contribution in [1.29, 1.82) is 0 Å². The van der Waals surface area contributed by atoms with Crippen LogP contribution in [0, 0.1) is 0 Å². The molecule has 5 rings (SSSR count). The van der Waals surface area contributed by atoms with Crippen LogP contribution in [0.5, 0.6) is 23.0 Å². The lowest BCUT2D eigenvalue weighted by Gasteiger charge is -2.38. The van der Waals surface area contributed by atoms with Crippen LogP contribution in [0.4, 0.5) is 0 Å². The fourth-order valence-corrected chi connectivity index (χ4v) is 6.84. The Kier molecular flexibility index (Phi) is 14.9. The number of carbonyl (C=O) groups is 2. The summed E-state index contributed by atoms with van der Waals surface area (Å²) in [6.07, 6.45) is 4.40. The Bertz CT molecular complexity index is 1680. The SMILES string of the molecule is C=C(C)C(=O)OCC(O)COCCOc1ccc2c(c1)Oc1cc(OCCOCC(O)COC(=O)C(=C)C)ccc1C2(C)c1ccc(C2CCCCC2)cc1. The van der Waals surface area contributed by atoms with Gasteiger partial charge >= 0.3 is 11.9 Å². The maximum Gasteiger partial charge on any atom is 0.333 e. The van der Waals surface area contributed by atoms with Gasteiger partial charge in [0.1, 0.15) is 61.6 Å². The average Bonchev–Trinajstić information content (AvgIpc) is 3.18. The fourth-order valence-electron chi connectivity index (χ4n) is 6.84. The van der Waals surface area contributed by atoms with Crippen molar-refractivity contribution in [2.75, 3.05) is 52.9 Å². The van der Waals surface area contributed by atoms with Crippen LogP contribution in [0.2, 0.25) is 0 Å². The maximum atomic E-state index is 11.6. The van der Waals surface area contributed by atoms with E-state index < -0.39 is 29.6 Å². The highest BCUT2D eigenvalue weighted by Crippen LogP contribution is 2.53. The number of ether oxygens (including phenoxy) is 7. The van der Waals surface area contributed by atoms with Crippen molar-refractivity contribution in [1.82, 2.24) is 0 Å². The number of hydrogen-bond donors (Lipinski definition) is 2. The van der Waals surface area contributed by atoms with E-state index in [1.54, 1.807) is 13.8 Å². The molecule has 11 nitrogen and oxygen atoms in total.